The lowest BCUT2D eigenvalue weighted by atomic mass is 10.1. The smallest absolute Gasteiger partial charge is 0.265 e. The van der Waals surface area contributed by atoms with Gasteiger partial charge in [0.25, 0.3) is 5.91 Å². The Labute approximate surface area is 122 Å². The van der Waals surface area contributed by atoms with Gasteiger partial charge in [0.2, 0.25) is 0 Å². The third-order valence-corrected chi connectivity index (χ3v) is 3.42. The molecule has 1 atom stereocenters. The zero-order valence-electron chi connectivity index (χ0n) is 11.4. The van der Waals surface area contributed by atoms with Crippen molar-refractivity contribution in [3.63, 3.8) is 0 Å². The number of ether oxygens (including phenoxy) is 1. The number of rotatable bonds is 4. The monoisotopic (exact) mass is 294 g/mol. The van der Waals surface area contributed by atoms with Crippen LogP contribution < -0.4 is 9.64 Å². The minimum Gasteiger partial charge on any atom is -0.481 e. The molecule has 0 fully saturated rings. The molecule has 1 aliphatic rings. The molecule has 2 rings (SSSR count). The van der Waals surface area contributed by atoms with Gasteiger partial charge in [-0.25, -0.2) is 4.39 Å². The lowest BCUT2D eigenvalue weighted by Crippen LogP contribution is -2.41. The molecule has 0 saturated carbocycles. The van der Waals surface area contributed by atoms with E-state index in [1.807, 2.05) is 0 Å². The van der Waals surface area contributed by atoms with E-state index in [1.54, 1.807) is 4.90 Å². The van der Waals surface area contributed by atoms with Gasteiger partial charge in [0, 0.05) is 12.6 Å². The Morgan fingerprint density at radius 1 is 1.60 bits per heavy atom. The summed E-state index contributed by atoms with van der Waals surface area (Å²) in [6.07, 6.45) is 0.951. The van der Waals surface area contributed by atoms with Crippen LogP contribution >= 0.6 is 12.2 Å². The zero-order valence-corrected chi connectivity index (χ0v) is 12.2. The van der Waals surface area contributed by atoms with E-state index in [1.165, 1.54) is 12.1 Å². The molecular formula is C14H15FN2O2S. The summed E-state index contributed by atoms with van der Waals surface area (Å²) in [5.41, 5.74) is 0.596. The number of hydrogen-bond acceptors (Lipinski definition) is 4. The minimum atomic E-state index is -0.543. The molecule has 0 saturated heterocycles. The van der Waals surface area contributed by atoms with Crippen LogP contribution in [0.5, 0.6) is 5.75 Å². The van der Waals surface area contributed by atoms with Crippen LogP contribution in [0.4, 0.5) is 15.8 Å². The van der Waals surface area contributed by atoms with Crippen molar-refractivity contribution in [2.45, 2.75) is 20.3 Å². The summed E-state index contributed by atoms with van der Waals surface area (Å²) in [5, 5.41) is 2.13. The molecule has 106 valence electrons. The Morgan fingerprint density at radius 2 is 2.35 bits per heavy atom. The first-order valence-corrected chi connectivity index (χ1v) is 6.82. The lowest BCUT2D eigenvalue weighted by molar-refractivity contribution is -0.121. The normalized spacial score (nSPS) is 15.2. The predicted octanol–water partition coefficient (Wildman–Crippen LogP) is 3.33. The molecule has 6 heteroatoms. The average molecular weight is 294 g/mol. The second kappa shape index (κ2) is 6.11. The van der Waals surface area contributed by atoms with Crippen LogP contribution in [-0.4, -0.2) is 24.2 Å². The van der Waals surface area contributed by atoms with Crippen molar-refractivity contribution >= 4 is 34.7 Å². The third kappa shape index (κ3) is 2.86. The van der Waals surface area contributed by atoms with Gasteiger partial charge in [-0.3, -0.25) is 4.79 Å². The number of amides is 1. The van der Waals surface area contributed by atoms with Gasteiger partial charge in [0.15, 0.2) is 12.4 Å². The number of benzene rings is 1. The first-order valence-electron chi connectivity index (χ1n) is 6.41. The van der Waals surface area contributed by atoms with Gasteiger partial charge < -0.3 is 9.64 Å². The number of anilines is 1. The summed E-state index contributed by atoms with van der Waals surface area (Å²) in [7, 11) is 0. The van der Waals surface area contributed by atoms with Gasteiger partial charge in [-0.1, -0.05) is 20.3 Å². The molecule has 0 bridgehead atoms. The Hall–Kier alpha value is -1.78. The van der Waals surface area contributed by atoms with E-state index < -0.39 is 5.82 Å². The molecule has 1 unspecified atom stereocenters. The second-order valence-corrected chi connectivity index (χ2v) is 4.96. The van der Waals surface area contributed by atoms with E-state index in [4.69, 9.17) is 4.74 Å². The highest BCUT2D eigenvalue weighted by Crippen LogP contribution is 2.37. The average Bonchev–Trinajstić information content (AvgIpc) is 2.43. The Bertz CT molecular complexity index is 585. The fraction of sp³-hybridized carbons (Fsp3) is 0.429. The predicted molar refractivity (Wildman–Crippen MR) is 78.4 cm³/mol. The van der Waals surface area contributed by atoms with Crippen molar-refractivity contribution < 1.29 is 13.9 Å². The largest absolute Gasteiger partial charge is 0.481 e. The highest BCUT2D eigenvalue weighted by molar-refractivity contribution is 7.78. The summed E-state index contributed by atoms with van der Waals surface area (Å²) in [6.45, 7) is 4.61. The molecular weight excluding hydrogens is 279 g/mol. The van der Waals surface area contributed by atoms with Crippen molar-refractivity contribution in [3.8, 4) is 5.75 Å². The number of halogens is 1. The number of nitrogens with zero attached hydrogens (tertiary/aromatic N) is 2. The summed E-state index contributed by atoms with van der Waals surface area (Å²) in [4.78, 5) is 17.3. The van der Waals surface area contributed by atoms with E-state index in [9.17, 15) is 9.18 Å². The summed E-state index contributed by atoms with van der Waals surface area (Å²) in [5.74, 6) is 0.0155. The number of fused-ring (bicyclic) bond motifs is 1. The van der Waals surface area contributed by atoms with Crippen LogP contribution in [0, 0.1) is 11.7 Å². The van der Waals surface area contributed by atoms with Gasteiger partial charge >= 0.3 is 0 Å². The fourth-order valence-corrected chi connectivity index (χ4v) is 2.08. The van der Waals surface area contributed by atoms with Crippen LogP contribution in [-0.2, 0) is 4.79 Å². The molecule has 1 amide bonds. The number of carbonyl (C=O) groups is 1. The van der Waals surface area contributed by atoms with Crippen molar-refractivity contribution in [3.05, 3.63) is 17.9 Å². The third-order valence-electron chi connectivity index (χ3n) is 3.33. The summed E-state index contributed by atoms with van der Waals surface area (Å²) < 4.78 is 19.0. The fourth-order valence-electron chi connectivity index (χ4n) is 1.99. The van der Waals surface area contributed by atoms with E-state index in [0.717, 1.165) is 6.42 Å². The lowest BCUT2D eigenvalue weighted by Gasteiger charge is -2.31. The molecule has 1 heterocycles. The van der Waals surface area contributed by atoms with E-state index in [-0.39, 0.29) is 18.2 Å². The van der Waals surface area contributed by atoms with Crippen molar-refractivity contribution in [2.24, 2.45) is 10.9 Å². The maximum Gasteiger partial charge on any atom is 0.265 e. The first-order chi connectivity index (χ1) is 9.56. The van der Waals surface area contributed by atoms with Crippen LogP contribution in [0.25, 0.3) is 0 Å². The number of carbonyl (C=O) groups excluding carboxylic acids is 1. The standard InChI is InChI=1S/C14H15FN2O2S/c1-3-9(2)6-17-12-5-11(16-8-20)10(15)4-13(12)19-7-14(17)18/h4-5,9H,3,6-7H2,1-2H3. The van der Waals surface area contributed by atoms with Crippen LogP contribution in [0.15, 0.2) is 17.1 Å². The van der Waals surface area contributed by atoms with Crippen molar-refractivity contribution in [1.29, 1.82) is 0 Å². The van der Waals surface area contributed by atoms with E-state index in [2.05, 4.69) is 36.2 Å². The topological polar surface area (TPSA) is 41.9 Å². The Kier molecular flexibility index (Phi) is 4.47. The highest BCUT2D eigenvalue weighted by Gasteiger charge is 2.28. The molecule has 1 aromatic carbocycles. The van der Waals surface area contributed by atoms with Crippen LogP contribution in [0.2, 0.25) is 0 Å². The molecule has 1 aliphatic heterocycles. The van der Waals surface area contributed by atoms with Crippen molar-refractivity contribution in [2.75, 3.05) is 18.1 Å². The molecule has 1 aromatic rings. The number of thiocarbonyl (C=S) groups is 1. The maximum atomic E-state index is 13.8. The first kappa shape index (κ1) is 14.6. The van der Waals surface area contributed by atoms with Gasteiger partial charge in [0.1, 0.15) is 11.4 Å². The molecule has 0 aliphatic carbocycles. The molecule has 0 N–H and O–H groups in total. The second-order valence-electron chi connectivity index (χ2n) is 4.78. The van der Waals surface area contributed by atoms with E-state index in [0.29, 0.717) is 23.9 Å². The number of isothiocyanates is 1. The minimum absolute atomic E-state index is 0.0613. The SMILES string of the molecule is CCC(C)CN1C(=O)COc2cc(F)c(N=C=S)cc21. The molecule has 0 radical (unpaired) electrons. The van der Waals surface area contributed by atoms with Gasteiger partial charge in [-0.2, -0.15) is 4.99 Å². The highest BCUT2D eigenvalue weighted by atomic mass is 32.1. The van der Waals surface area contributed by atoms with Crippen LogP contribution in [0.1, 0.15) is 20.3 Å². The van der Waals surface area contributed by atoms with Gasteiger partial charge in [-0.05, 0) is 24.2 Å². The number of hydrogen-bond donors (Lipinski definition) is 0. The maximum absolute atomic E-state index is 13.8. The number of aliphatic imine (C=N–C) groups is 1. The summed E-state index contributed by atoms with van der Waals surface area (Å²) in [6, 6.07) is 2.71. The molecule has 20 heavy (non-hydrogen) atoms. The molecule has 0 spiro atoms. The van der Waals surface area contributed by atoms with Crippen LogP contribution in [0.3, 0.4) is 0 Å². The zero-order chi connectivity index (χ0) is 14.7. The van der Waals surface area contributed by atoms with Gasteiger partial charge in [0.05, 0.1) is 10.8 Å². The van der Waals surface area contributed by atoms with Crippen molar-refractivity contribution in [1.82, 2.24) is 0 Å². The molecule has 0 aromatic heterocycles. The molecule has 4 nitrogen and oxygen atoms in total. The Balaban J connectivity index is 2.45. The van der Waals surface area contributed by atoms with E-state index >= 15 is 0 Å². The summed E-state index contributed by atoms with van der Waals surface area (Å²) >= 11 is 4.49. The Morgan fingerprint density at radius 3 is 3.00 bits per heavy atom. The van der Waals surface area contributed by atoms with Gasteiger partial charge in [-0.15, -0.1) is 0 Å². The quantitative estimate of drug-likeness (QED) is 0.632.